The molecule has 1 aromatic carbocycles. The topological polar surface area (TPSA) is 59.1 Å². The van der Waals surface area contributed by atoms with Gasteiger partial charge < -0.3 is 19.3 Å². The van der Waals surface area contributed by atoms with Crippen LogP contribution in [0.1, 0.15) is 31.2 Å². The molecule has 0 N–H and O–H groups in total. The summed E-state index contributed by atoms with van der Waals surface area (Å²) in [7, 11) is 3.19. The van der Waals surface area contributed by atoms with E-state index in [-0.39, 0.29) is 17.7 Å². The van der Waals surface area contributed by atoms with Crippen LogP contribution in [-0.2, 0) is 9.59 Å². The highest BCUT2D eigenvalue weighted by Gasteiger charge is 2.30. The molecule has 1 heterocycles. The molecule has 1 aliphatic heterocycles. The second-order valence-corrected chi connectivity index (χ2v) is 7.07. The number of amides is 2. The molecule has 3 rings (SSSR count). The minimum atomic E-state index is -0.0409. The molecule has 6 heteroatoms. The number of rotatable bonds is 5. The van der Waals surface area contributed by atoms with Gasteiger partial charge in [0.1, 0.15) is 11.5 Å². The van der Waals surface area contributed by atoms with E-state index in [9.17, 15) is 9.59 Å². The summed E-state index contributed by atoms with van der Waals surface area (Å²) in [5, 5.41) is 0. The van der Waals surface area contributed by atoms with Gasteiger partial charge in [-0.05, 0) is 31.1 Å². The molecule has 0 unspecified atom stereocenters. The summed E-state index contributed by atoms with van der Waals surface area (Å²) >= 11 is 0. The van der Waals surface area contributed by atoms with Crippen LogP contribution in [0.5, 0.6) is 11.5 Å². The van der Waals surface area contributed by atoms with Gasteiger partial charge >= 0.3 is 0 Å². The van der Waals surface area contributed by atoms with E-state index in [0.29, 0.717) is 37.7 Å². The van der Waals surface area contributed by atoms with Crippen molar-refractivity contribution in [3.63, 3.8) is 0 Å². The Morgan fingerprint density at radius 2 is 1.67 bits per heavy atom. The first-order valence-electron chi connectivity index (χ1n) is 9.60. The van der Waals surface area contributed by atoms with Crippen LogP contribution in [-0.4, -0.2) is 62.0 Å². The van der Waals surface area contributed by atoms with Crippen LogP contribution in [0.25, 0.3) is 6.08 Å². The van der Waals surface area contributed by atoms with Crippen molar-refractivity contribution in [3.8, 4) is 11.5 Å². The molecule has 1 saturated carbocycles. The van der Waals surface area contributed by atoms with Crippen molar-refractivity contribution in [2.75, 3.05) is 40.4 Å². The van der Waals surface area contributed by atoms with E-state index in [1.54, 1.807) is 37.3 Å². The van der Waals surface area contributed by atoms with Crippen molar-refractivity contribution < 1.29 is 19.1 Å². The molecule has 146 valence electrons. The molecule has 6 nitrogen and oxygen atoms in total. The van der Waals surface area contributed by atoms with Crippen LogP contribution in [0, 0.1) is 5.92 Å². The maximum absolute atomic E-state index is 12.5. The maximum Gasteiger partial charge on any atom is 0.246 e. The van der Waals surface area contributed by atoms with Crippen LogP contribution >= 0.6 is 0 Å². The van der Waals surface area contributed by atoms with E-state index in [1.165, 1.54) is 0 Å². The van der Waals surface area contributed by atoms with Crippen molar-refractivity contribution in [1.82, 2.24) is 9.80 Å². The lowest BCUT2D eigenvalue weighted by atomic mass is 10.1. The summed E-state index contributed by atoms with van der Waals surface area (Å²) in [6.45, 7) is 2.42. The predicted octanol–water partition coefficient (Wildman–Crippen LogP) is 2.58. The van der Waals surface area contributed by atoms with Gasteiger partial charge in [-0.3, -0.25) is 9.59 Å². The Morgan fingerprint density at radius 3 is 2.30 bits per heavy atom. The Labute approximate surface area is 160 Å². The predicted molar refractivity (Wildman–Crippen MR) is 104 cm³/mol. The Kier molecular flexibility index (Phi) is 6.37. The minimum absolute atomic E-state index is 0.0409. The van der Waals surface area contributed by atoms with E-state index >= 15 is 0 Å². The third-order valence-corrected chi connectivity index (χ3v) is 5.45. The highest BCUT2D eigenvalue weighted by molar-refractivity contribution is 5.92. The number of carbonyl (C=O) groups excluding carboxylic acids is 2. The summed E-state index contributed by atoms with van der Waals surface area (Å²) in [6, 6.07) is 5.48. The molecule has 0 spiro atoms. The zero-order valence-electron chi connectivity index (χ0n) is 16.1. The Bertz CT molecular complexity index is 702. The third-order valence-electron chi connectivity index (χ3n) is 5.45. The normalized spacial score (nSPS) is 18.1. The monoisotopic (exact) mass is 372 g/mol. The van der Waals surface area contributed by atoms with Crippen molar-refractivity contribution in [1.29, 1.82) is 0 Å². The first-order chi connectivity index (χ1) is 13.1. The molecular formula is C21H28N2O4. The van der Waals surface area contributed by atoms with E-state index < -0.39 is 0 Å². The maximum atomic E-state index is 12.5. The average molecular weight is 372 g/mol. The SMILES string of the molecule is COc1ccc(/C=C/C(=O)N2CCN(C(=O)C3CCCC3)CC2)c(OC)c1. The number of hydrogen-bond donors (Lipinski definition) is 0. The third kappa shape index (κ3) is 4.62. The summed E-state index contributed by atoms with van der Waals surface area (Å²) in [6.07, 6.45) is 7.69. The van der Waals surface area contributed by atoms with E-state index in [1.807, 2.05) is 17.0 Å². The molecule has 27 heavy (non-hydrogen) atoms. The van der Waals surface area contributed by atoms with Crippen LogP contribution in [0.2, 0.25) is 0 Å². The first kappa shape index (κ1) is 19.3. The van der Waals surface area contributed by atoms with Gasteiger partial charge in [-0.1, -0.05) is 12.8 Å². The lowest BCUT2D eigenvalue weighted by Crippen LogP contribution is -2.51. The molecule has 2 amide bonds. The van der Waals surface area contributed by atoms with E-state index in [2.05, 4.69) is 0 Å². The fraction of sp³-hybridized carbons (Fsp3) is 0.524. The Balaban J connectivity index is 1.55. The molecular weight excluding hydrogens is 344 g/mol. The zero-order chi connectivity index (χ0) is 19.2. The summed E-state index contributed by atoms with van der Waals surface area (Å²) in [5.41, 5.74) is 0.821. The molecule has 1 aliphatic carbocycles. The summed E-state index contributed by atoms with van der Waals surface area (Å²) < 4.78 is 10.5. The number of carbonyl (C=O) groups is 2. The lowest BCUT2D eigenvalue weighted by molar-refractivity contribution is -0.140. The van der Waals surface area contributed by atoms with Gasteiger partial charge in [-0.15, -0.1) is 0 Å². The molecule has 1 saturated heterocycles. The molecule has 0 bridgehead atoms. The van der Waals surface area contributed by atoms with Gasteiger partial charge in [0.25, 0.3) is 0 Å². The lowest BCUT2D eigenvalue weighted by Gasteiger charge is -2.35. The molecule has 2 aliphatic rings. The smallest absolute Gasteiger partial charge is 0.246 e. The largest absolute Gasteiger partial charge is 0.497 e. The summed E-state index contributed by atoms with van der Waals surface area (Å²) in [4.78, 5) is 28.7. The number of piperazine rings is 1. The number of benzene rings is 1. The van der Waals surface area contributed by atoms with Crippen LogP contribution < -0.4 is 9.47 Å². The van der Waals surface area contributed by atoms with Gasteiger partial charge in [-0.25, -0.2) is 0 Å². The number of nitrogens with zero attached hydrogens (tertiary/aromatic N) is 2. The quantitative estimate of drug-likeness (QED) is 0.746. The number of methoxy groups -OCH3 is 2. The highest BCUT2D eigenvalue weighted by atomic mass is 16.5. The van der Waals surface area contributed by atoms with Crippen molar-refractivity contribution in [2.45, 2.75) is 25.7 Å². The Morgan fingerprint density at radius 1 is 1.00 bits per heavy atom. The van der Waals surface area contributed by atoms with Crippen molar-refractivity contribution in [3.05, 3.63) is 29.8 Å². The van der Waals surface area contributed by atoms with Crippen molar-refractivity contribution >= 4 is 17.9 Å². The average Bonchev–Trinajstić information content (AvgIpc) is 3.26. The molecule has 0 aromatic heterocycles. The fourth-order valence-electron chi connectivity index (χ4n) is 3.80. The summed E-state index contributed by atoms with van der Waals surface area (Å²) in [5.74, 6) is 1.80. The van der Waals surface area contributed by atoms with Crippen LogP contribution in [0.15, 0.2) is 24.3 Å². The van der Waals surface area contributed by atoms with Gasteiger partial charge in [0.2, 0.25) is 11.8 Å². The van der Waals surface area contributed by atoms with Gasteiger partial charge in [0.15, 0.2) is 0 Å². The number of ether oxygens (including phenoxy) is 2. The minimum Gasteiger partial charge on any atom is -0.497 e. The van der Waals surface area contributed by atoms with Gasteiger partial charge in [0, 0.05) is 49.8 Å². The Hall–Kier alpha value is -2.50. The van der Waals surface area contributed by atoms with E-state index in [0.717, 1.165) is 31.2 Å². The second kappa shape index (κ2) is 8.93. The van der Waals surface area contributed by atoms with Gasteiger partial charge in [0.05, 0.1) is 14.2 Å². The molecule has 1 aromatic rings. The highest BCUT2D eigenvalue weighted by Crippen LogP contribution is 2.27. The fourth-order valence-corrected chi connectivity index (χ4v) is 3.80. The van der Waals surface area contributed by atoms with Crippen LogP contribution in [0.3, 0.4) is 0 Å². The number of hydrogen-bond acceptors (Lipinski definition) is 4. The molecule has 0 atom stereocenters. The molecule has 2 fully saturated rings. The molecule has 0 radical (unpaired) electrons. The van der Waals surface area contributed by atoms with E-state index in [4.69, 9.17) is 9.47 Å². The zero-order valence-corrected chi connectivity index (χ0v) is 16.1. The van der Waals surface area contributed by atoms with Gasteiger partial charge in [-0.2, -0.15) is 0 Å². The second-order valence-electron chi connectivity index (χ2n) is 7.07. The van der Waals surface area contributed by atoms with Crippen molar-refractivity contribution in [2.24, 2.45) is 5.92 Å². The first-order valence-corrected chi connectivity index (χ1v) is 9.60. The van der Waals surface area contributed by atoms with Crippen LogP contribution in [0.4, 0.5) is 0 Å². The standard InChI is InChI=1S/C21H28N2O4/c1-26-18-9-7-16(19(15-18)27-2)8-10-20(24)22-11-13-23(14-12-22)21(25)17-5-3-4-6-17/h7-10,15,17H,3-6,11-14H2,1-2H3/b10-8+.